The summed E-state index contributed by atoms with van der Waals surface area (Å²) in [4.78, 5) is 0. The molecule has 0 unspecified atom stereocenters. The van der Waals surface area contributed by atoms with Crippen molar-refractivity contribution in [1.29, 1.82) is 0 Å². The summed E-state index contributed by atoms with van der Waals surface area (Å²) in [6.45, 7) is 12.5. The molecule has 4 aliphatic rings. The Balaban J connectivity index is 1.53. The molecule has 0 heterocycles. The third-order valence-corrected chi connectivity index (χ3v) is 11.1. The monoisotopic (exact) mass is 464 g/mol. The number of rotatable bonds is 5. The zero-order valence-electron chi connectivity index (χ0n) is 19.6. The van der Waals surface area contributed by atoms with Crippen molar-refractivity contribution < 1.29 is 5.11 Å². The van der Waals surface area contributed by atoms with Crippen LogP contribution in [0.15, 0.2) is 10.1 Å². The first-order valence-electron chi connectivity index (χ1n) is 12.7. The number of allylic oxidation sites excluding steroid dienone is 1. The predicted octanol–water partition coefficient (Wildman–Crippen LogP) is 8.11. The van der Waals surface area contributed by atoms with Gasteiger partial charge in [0.05, 0.1) is 6.10 Å². The highest BCUT2D eigenvalue weighted by molar-refractivity contribution is 9.11. The topological polar surface area (TPSA) is 20.2 Å². The van der Waals surface area contributed by atoms with Crippen molar-refractivity contribution in [3.8, 4) is 0 Å². The van der Waals surface area contributed by atoms with Crippen molar-refractivity contribution in [2.75, 3.05) is 0 Å². The molecule has 0 aromatic carbocycles. The second-order valence-electron chi connectivity index (χ2n) is 12.3. The van der Waals surface area contributed by atoms with E-state index in [1.54, 1.807) is 5.57 Å². The van der Waals surface area contributed by atoms with E-state index in [9.17, 15) is 5.11 Å². The van der Waals surface area contributed by atoms with Gasteiger partial charge in [0.2, 0.25) is 0 Å². The Morgan fingerprint density at radius 1 is 0.966 bits per heavy atom. The molecule has 0 aromatic rings. The van der Waals surface area contributed by atoms with Gasteiger partial charge < -0.3 is 5.11 Å². The van der Waals surface area contributed by atoms with Crippen LogP contribution in [0.2, 0.25) is 0 Å². The molecular weight excluding hydrogens is 420 g/mol. The average Bonchev–Trinajstić information content (AvgIpc) is 3.00. The minimum absolute atomic E-state index is 0.112. The van der Waals surface area contributed by atoms with Crippen LogP contribution >= 0.6 is 15.9 Å². The van der Waals surface area contributed by atoms with Crippen molar-refractivity contribution in [1.82, 2.24) is 0 Å². The van der Waals surface area contributed by atoms with E-state index in [1.807, 2.05) is 0 Å². The Kier molecular flexibility index (Phi) is 6.38. The number of aliphatic hydroxyl groups is 1. The summed E-state index contributed by atoms with van der Waals surface area (Å²) in [5, 5.41) is 10.3. The van der Waals surface area contributed by atoms with Gasteiger partial charge in [-0.2, -0.15) is 0 Å². The van der Waals surface area contributed by atoms with Gasteiger partial charge in [-0.3, -0.25) is 0 Å². The first kappa shape index (κ1) is 22.4. The summed E-state index contributed by atoms with van der Waals surface area (Å²) in [5.41, 5.74) is 2.48. The summed E-state index contributed by atoms with van der Waals surface area (Å²) < 4.78 is 1.47. The van der Waals surface area contributed by atoms with Crippen molar-refractivity contribution >= 4 is 15.9 Å². The quantitative estimate of drug-likeness (QED) is 0.435. The van der Waals surface area contributed by atoms with Crippen LogP contribution in [-0.4, -0.2) is 11.2 Å². The Hall–Kier alpha value is 0.180. The van der Waals surface area contributed by atoms with Gasteiger partial charge in [-0.15, -0.1) is 0 Å². The second-order valence-corrected chi connectivity index (χ2v) is 13.3. The van der Waals surface area contributed by atoms with Crippen LogP contribution in [0, 0.1) is 46.3 Å². The average molecular weight is 466 g/mol. The van der Waals surface area contributed by atoms with Gasteiger partial charge in [0.1, 0.15) is 0 Å². The summed E-state index contributed by atoms with van der Waals surface area (Å²) in [6, 6.07) is 0. The van der Waals surface area contributed by atoms with Crippen LogP contribution in [-0.2, 0) is 0 Å². The molecule has 3 saturated carbocycles. The number of hydrogen-bond donors (Lipinski definition) is 1. The molecule has 0 amide bonds. The van der Waals surface area contributed by atoms with E-state index in [1.165, 1.54) is 62.3 Å². The Bertz CT molecular complexity index is 638. The van der Waals surface area contributed by atoms with E-state index in [2.05, 4.69) is 50.5 Å². The lowest BCUT2D eigenvalue weighted by molar-refractivity contribution is -0.0578. The maximum absolute atomic E-state index is 10.3. The van der Waals surface area contributed by atoms with Gasteiger partial charge in [-0.1, -0.05) is 75.4 Å². The fraction of sp³-hybridized carbons (Fsp3) is 0.926. The van der Waals surface area contributed by atoms with E-state index >= 15 is 0 Å². The molecule has 4 aliphatic carbocycles. The molecule has 1 nitrogen and oxygen atoms in total. The maximum Gasteiger partial charge on any atom is 0.0578 e. The van der Waals surface area contributed by atoms with Crippen molar-refractivity contribution in [2.45, 2.75) is 111 Å². The van der Waals surface area contributed by atoms with E-state index in [-0.39, 0.29) is 6.10 Å². The molecule has 2 heteroatoms. The summed E-state index contributed by atoms with van der Waals surface area (Å²) in [6.07, 6.45) is 14.3. The highest BCUT2D eigenvalue weighted by atomic mass is 79.9. The molecule has 4 rings (SSSR count). The summed E-state index contributed by atoms with van der Waals surface area (Å²) in [7, 11) is 0. The lowest BCUT2D eigenvalue weighted by atomic mass is 9.47. The lowest BCUT2D eigenvalue weighted by Gasteiger charge is -2.59. The SMILES string of the molecule is CC(C)CCC[C@@H](C)[C@H]1CC[C@H]2[C@@H]3CC(Br)=C4C[C@@H](O)CC[C@]4(C)[C@H]3CC[C@]12C. The molecule has 0 aromatic heterocycles. The van der Waals surface area contributed by atoms with Crippen LogP contribution in [0.25, 0.3) is 0 Å². The lowest BCUT2D eigenvalue weighted by Crippen LogP contribution is -2.51. The third-order valence-electron chi connectivity index (χ3n) is 10.3. The Morgan fingerprint density at radius 3 is 2.45 bits per heavy atom. The largest absolute Gasteiger partial charge is 0.393 e. The van der Waals surface area contributed by atoms with E-state index in [0.29, 0.717) is 10.8 Å². The van der Waals surface area contributed by atoms with Gasteiger partial charge in [0.15, 0.2) is 0 Å². The van der Waals surface area contributed by atoms with Gasteiger partial charge in [0, 0.05) is 0 Å². The molecular formula is C27H45BrO. The third kappa shape index (κ3) is 3.81. The molecule has 1 N–H and O–H groups in total. The number of aliphatic hydroxyl groups excluding tert-OH is 1. The first-order chi connectivity index (χ1) is 13.7. The molecule has 29 heavy (non-hydrogen) atoms. The number of halogens is 1. The normalized spacial score (nSPS) is 45.7. The van der Waals surface area contributed by atoms with E-state index < -0.39 is 0 Å². The predicted molar refractivity (Wildman–Crippen MR) is 127 cm³/mol. The van der Waals surface area contributed by atoms with Crippen LogP contribution < -0.4 is 0 Å². The van der Waals surface area contributed by atoms with Crippen molar-refractivity contribution in [2.24, 2.45) is 46.3 Å². The smallest absolute Gasteiger partial charge is 0.0578 e. The molecule has 0 radical (unpaired) electrons. The molecule has 3 fully saturated rings. The maximum atomic E-state index is 10.3. The molecule has 8 atom stereocenters. The highest BCUT2D eigenvalue weighted by Gasteiger charge is 2.59. The first-order valence-corrected chi connectivity index (χ1v) is 13.5. The molecule has 0 spiro atoms. The number of hydrogen-bond acceptors (Lipinski definition) is 1. The number of fused-ring (bicyclic) bond motifs is 5. The van der Waals surface area contributed by atoms with Gasteiger partial charge in [-0.05, 0) is 102 Å². The molecule has 0 aliphatic heterocycles. The van der Waals surface area contributed by atoms with E-state index in [0.717, 1.165) is 48.3 Å². The van der Waals surface area contributed by atoms with Gasteiger partial charge in [0.25, 0.3) is 0 Å². The van der Waals surface area contributed by atoms with Gasteiger partial charge in [-0.25, -0.2) is 0 Å². The van der Waals surface area contributed by atoms with Gasteiger partial charge >= 0.3 is 0 Å². The molecule has 166 valence electrons. The van der Waals surface area contributed by atoms with Crippen LogP contribution in [0.3, 0.4) is 0 Å². The van der Waals surface area contributed by atoms with Crippen LogP contribution in [0.1, 0.15) is 105 Å². The highest BCUT2D eigenvalue weighted by Crippen LogP contribution is 2.68. The van der Waals surface area contributed by atoms with Crippen LogP contribution in [0.5, 0.6) is 0 Å². The zero-order chi connectivity index (χ0) is 21.0. The minimum atomic E-state index is -0.112. The molecule has 0 bridgehead atoms. The van der Waals surface area contributed by atoms with E-state index in [4.69, 9.17) is 0 Å². The summed E-state index contributed by atoms with van der Waals surface area (Å²) in [5.74, 6) is 5.29. The molecule has 0 saturated heterocycles. The fourth-order valence-electron chi connectivity index (χ4n) is 8.74. The van der Waals surface area contributed by atoms with Crippen LogP contribution in [0.4, 0.5) is 0 Å². The zero-order valence-corrected chi connectivity index (χ0v) is 21.2. The van der Waals surface area contributed by atoms with Crippen molar-refractivity contribution in [3.63, 3.8) is 0 Å². The van der Waals surface area contributed by atoms with Crippen molar-refractivity contribution in [3.05, 3.63) is 10.1 Å². The fourth-order valence-corrected chi connectivity index (χ4v) is 9.72. The Morgan fingerprint density at radius 2 is 1.72 bits per heavy atom. The Labute approximate surface area is 188 Å². The summed E-state index contributed by atoms with van der Waals surface area (Å²) >= 11 is 4.03. The standard InChI is InChI=1S/C27H45BrO/c1-17(2)7-6-8-18(3)21-9-10-22-20-16-25(28)24-15-19(29)11-13-27(24,5)23(20)12-14-26(21,22)4/h17-23,29H,6-16H2,1-5H3/t18-,19+,20+,21-,22+,23+,26-,27-/m1/s1. The second kappa shape index (κ2) is 8.27. The minimum Gasteiger partial charge on any atom is -0.393 e.